The lowest BCUT2D eigenvalue weighted by Gasteiger charge is -2.21. The van der Waals surface area contributed by atoms with E-state index in [-0.39, 0.29) is 5.97 Å². The molecule has 0 heterocycles. The van der Waals surface area contributed by atoms with Gasteiger partial charge >= 0.3 is 5.97 Å². The van der Waals surface area contributed by atoms with Gasteiger partial charge in [-0.3, -0.25) is 4.79 Å². The van der Waals surface area contributed by atoms with Crippen molar-refractivity contribution in [3.05, 3.63) is 35.9 Å². The van der Waals surface area contributed by atoms with Gasteiger partial charge in [0.1, 0.15) is 0 Å². The number of benzene rings is 1. The molecule has 2 unspecified atom stereocenters. The fourth-order valence-corrected chi connectivity index (χ4v) is 1.96. The third-order valence-corrected chi connectivity index (χ3v) is 2.98. The summed E-state index contributed by atoms with van der Waals surface area (Å²) in [6.07, 6.45) is 1.78. The average Bonchev–Trinajstić information content (AvgIpc) is 2.40. The topological polar surface area (TPSA) is 46.5 Å². The van der Waals surface area contributed by atoms with Crippen molar-refractivity contribution in [2.75, 3.05) is 6.61 Å². The van der Waals surface area contributed by atoms with Crippen LogP contribution in [0.5, 0.6) is 0 Å². The number of carbonyl (C=O) groups is 1. The molecule has 3 nitrogen and oxygen atoms in total. The molecule has 0 radical (unpaired) electrons. The Balaban J connectivity index is 2.78. The molecule has 0 aromatic heterocycles. The summed E-state index contributed by atoms with van der Waals surface area (Å²) in [6, 6.07) is 9.29. The van der Waals surface area contributed by atoms with Crippen LogP contribution in [0, 0.1) is 5.92 Å². The standard InChI is InChI=1S/C15H22O3/c1-3-5-11-13(15(17)18-4-2)14(16)12-9-7-6-8-10-12/h6-10,13-14,16H,3-5,11H2,1-2H3. The summed E-state index contributed by atoms with van der Waals surface area (Å²) in [5, 5.41) is 10.3. The van der Waals surface area contributed by atoms with Crippen molar-refractivity contribution in [3.8, 4) is 0 Å². The molecule has 18 heavy (non-hydrogen) atoms. The van der Waals surface area contributed by atoms with Gasteiger partial charge in [-0.25, -0.2) is 0 Å². The SMILES string of the molecule is CCCCC(C(=O)OCC)C(O)c1ccccc1. The van der Waals surface area contributed by atoms with E-state index in [1.807, 2.05) is 30.3 Å². The molecular formula is C15H22O3. The number of ether oxygens (including phenoxy) is 1. The predicted molar refractivity (Wildman–Crippen MR) is 71.0 cm³/mol. The van der Waals surface area contributed by atoms with Gasteiger partial charge in [-0.05, 0) is 18.9 Å². The molecule has 0 fully saturated rings. The summed E-state index contributed by atoms with van der Waals surface area (Å²) in [5.41, 5.74) is 0.770. The highest BCUT2D eigenvalue weighted by Gasteiger charge is 2.28. The zero-order chi connectivity index (χ0) is 13.4. The van der Waals surface area contributed by atoms with E-state index < -0.39 is 12.0 Å². The highest BCUT2D eigenvalue weighted by atomic mass is 16.5. The molecule has 0 aliphatic heterocycles. The number of esters is 1. The minimum Gasteiger partial charge on any atom is -0.466 e. The molecule has 2 atom stereocenters. The van der Waals surface area contributed by atoms with E-state index in [4.69, 9.17) is 4.74 Å². The van der Waals surface area contributed by atoms with Gasteiger partial charge in [0, 0.05) is 0 Å². The highest BCUT2D eigenvalue weighted by Crippen LogP contribution is 2.27. The van der Waals surface area contributed by atoms with Crippen LogP contribution in [0.15, 0.2) is 30.3 Å². The summed E-state index contributed by atoms with van der Waals surface area (Å²) in [7, 11) is 0. The molecule has 0 spiro atoms. The van der Waals surface area contributed by atoms with Crippen LogP contribution in [-0.2, 0) is 9.53 Å². The Labute approximate surface area is 109 Å². The van der Waals surface area contributed by atoms with Gasteiger partial charge in [-0.15, -0.1) is 0 Å². The summed E-state index contributed by atoms with van der Waals surface area (Å²) < 4.78 is 5.04. The minimum atomic E-state index is -0.781. The number of aliphatic hydroxyl groups excluding tert-OH is 1. The summed E-state index contributed by atoms with van der Waals surface area (Å²) in [5.74, 6) is -0.769. The first-order chi connectivity index (χ1) is 8.70. The van der Waals surface area contributed by atoms with Crippen LogP contribution < -0.4 is 0 Å². The van der Waals surface area contributed by atoms with E-state index in [9.17, 15) is 9.90 Å². The molecule has 0 bridgehead atoms. The van der Waals surface area contributed by atoms with Crippen LogP contribution in [0.25, 0.3) is 0 Å². The monoisotopic (exact) mass is 250 g/mol. The van der Waals surface area contributed by atoms with Crippen molar-refractivity contribution < 1.29 is 14.6 Å². The van der Waals surface area contributed by atoms with Gasteiger partial charge in [0.15, 0.2) is 0 Å². The summed E-state index contributed by atoms with van der Waals surface area (Å²) >= 11 is 0. The molecule has 1 aromatic rings. The smallest absolute Gasteiger partial charge is 0.311 e. The first-order valence-corrected chi connectivity index (χ1v) is 6.60. The largest absolute Gasteiger partial charge is 0.466 e. The van der Waals surface area contributed by atoms with Crippen LogP contribution >= 0.6 is 0 Å². The van der Waals surface area contributed by atoms with Crippen molar-refractivity contribution in [3.63, 3.8) is 0 Å². The molecular weight excluding hydrogens is 228 g/mol. The third-order valence-electron chi connectivity index (χ3n) is 2.98. The van der Waals surface area contributed by atoms with Gasteiger partial charge in [0.05, 0.1) is 18.6 Å². The third kappa shape index (κ3) is 4.15. The van der Waals surface area contributed by atoms with Crippen molar-refractivity contribution in [2.45, 2.75) is 39.2 Å². The number of aliphatic hydroxyl groups is 1. The quantitative estimate of drug-likeness (QED) is 0.756. The van der Waals surface area contributed by atoms with Gasteiger partial charge in [-0.2, -0.15) is 0 Å². The maximum atomic E-state index is 11.9. The first-order valence-electron chi connectivity index (χ1n) is 6.60. The molecule has 1 rings (SSSR count). The fraction of sp³-hybridized carbons (Fsp3) is 0.533. The Morgan fingerprint density at radius 1 is 1.28 bits per heavy atom. The van der Waals surface area contributed by atoms with Crippen molar-refractivity contribution in [2.24, 2.45) is 5.92 Å². The van der Waals surface area contributed by atoms with Gasteiger partial charge in [-0.1, -0.05) is 50.1 Å². The minimum absolute atomic E-state index is 0.303. The maximum Gasteiger partial charge on any atom is 0.311 e. The van der Waals surface area contributed by atoms with E-state index in [2.05, 4.69) is 6.92 Å². The Morgan fingerprint density at radius 3 is 2.50 bits per heavy atom. The van der Waals surface area contributed by atoms with Gasteiger partial charge in [0.2, 0.25) is 0 Å². The lowest BCUT2D eigenvalue weighted by atomic mass is 9.91. The van der Waals surface area contributed by atoms with E-state index in [0.29, 0.717) is 13.0 Å². The number of rotatable bonds is 7. The Hall–Kier alpha value is -1.35. The van der Waals surface area contributed by atoms with E-state index in [1.54, 1.807) is 6.92 Å². The lowest BCUT2D eigenvalue weighted by molar-refractivity contribution is -0.152. The Bertz CT molecular complexity index is 348. The van der Waals surface area contributed by atoms with Crippen molar-refractivity contribution >= 4 is 5.97 Å². The molecule has 0 aliphatic rings. The molecule has 0 aliphatic carbocycles. The number of hydrogen-bond acceptors (Lipinski definition) is 3. The van der Waals surface area contributed by atoms with Crippen LogP contribution in [0.3, 0.4) is 0 Å². The van der Waals surface area contributed by atoms with Crippen molar-refractivity contribution in [1.29, 1.82) is 0 Å². The van der Waals surface area contributed by atoms with E-state index >= 15 is 0 Å². The number of unbranched alkanes of at least 4 members (excludes halogenated alkanes) is 1. The first kappa shape index (κ1) is 14.7. The van der Waals surface area contributed by atoms with E-state index in [1.165, 1.54) is 0 Å². The zero-order valence-electron chi connectivity index (χ0n) is 11.1. The van der Waals surface area contributed by atoms with Crippen LogP contribution in [-0.4, -0.2) is 17.7 Å². The molecule has 3 heteroatoms. The molecule has 0 saturated carbocycles. The summed E-state index contributed by atoms with van der Waals surface area (Å²) in [4.78, 5) is 11.9. The molecule has 100 valence electrons. The lowest BCUT2D eigenvalue weighted by Crippen LogP contribution is -2.24. The molecule has 1 N–H and O–H groups in total. The Morgan fingerprint density at radius 2 is 1.94 bits per heavy atom. The molecule has 1 aromatic carbocycles. The normalized spacial score (nSPS) is 13.9. The molecule has 0 saturated heterocycles. The van der Waals surface area contributed by atoms with Crippen LogP contribution in [0.4, 0.5) is 0 Å². The zero-order valence-corrected chi connectivity index (χ0v) is 11.1. The fourth-order valence-electron chi connectivity index (χ4n) is 1.96. The second kappa shape index (κ2) is 7.88. The predicted octanol–water partition coefficient (Wildman–Crippen LogP) is 3.09. The maximum absolute atomic E-state index is 11.9. The Kier molecular flexibility index (Phi) is 6.44. The average molecular weight is 250 g/mol. The number of hydrogen-bond donors (Lipinski definition) is 1. The van der Waals surface area contributed by atoms with Gasteiger partial charge < -0.3 is 9.84 Å². The number of carbonyl (C=O) groups excluding carboxylic acids is 1. The van der Waals surface area contributed by atoms with E-state index in [0.717, 1.165) is 18.4 Å². The highest BCUT2D eigenvalue weighted by molar-refractivity contribution is 5.73. The summed E-state index contributed by atoms with van der Waals surface area (Å²) in [6.45, 7) is 4.20. The van der Waals surface area contributed by atoms with Crippen LogP contribution in [0.2, 0.25) is 0 Å². The molecule has 0 amide bonds. The van der Waals surface area contributed by atoms with Gasteiger partial charge in [0.25, 0.3) is 0 Å². The van der Waals surface area contributed by atoms with Crippen molar-refractivity contribution in [1.82, 2.24) is 0 Å². The van der Waals surface area contributed by atoms with Crippen LogP contribution in [0.1, 0.15) is 44.8 Å². The second-order valence-corrected chi connectivity index (χ2v) is 4.36. The second-order valence-electron chi connectivity index (χ2n) is 4.36.